The molecule has 3 rings (SSSR count). The molecular formula is C12H11FN6. The van der Waals surface area contributed by atoms with Gasteiger partial charge in [0, 0.05) is 18.4 Å². The van der Waals surface area contributed by atoms with E-state index in [0.29, 0.717) is 23.5 Å². The van der Waals surface area contributed by atoms with Crippen molar-refractivity contribution in [1.82, 2.24) is 24.9 Å². The SMILES string of the molecule is Cc1ccc(CNc2nc(F)nc3[nH]cnc23)cn1. The zero-order valence-corrected chi connectivity index (χ0v) is 10.2. The molecule has 6 nitrogen and oxygen atoms in total. The number of fused-ring (bicyclic) bond motifs is 1. The Hall–Kier alpha value is -2.57. The van der Waals surface area contributed by atoms with Gasteiger partial charge in [0.25, 0.3) is 0 Å². The van der Waals surface area contributed by atoms with Crippen molar-refractivity contribution in [3.8, 4) is 0 Å². The first-order valence-electron chi connectivity index (χ1n) is 5.74. The Morgan fingerprint density at radius 1 is 1.26 bits per heavy atom. The van der Waals surface area contributed by atoms with Gasteiger partial charge < -0.3 is 10.3 Å². The minimum atomic E-state index is -0.790. The van der Waals surface area contributed by atoms with Crippen LogP contribution in [0.25, 0.3) is 11.2 Å². The van der Waals surface area contributed by atoms with E-state index < -0.39 is 6.08 Å². The number of anilines is 1. The van der Waals surface area contributed by atoms with E-state index in [1.54, 1.807) is 6.20 Å². The van der Waals surface area contributed by atoms with Crippen LogP contribution in [-0.2, 0) is 6.54 Å². The molecule has 7 heteroatoms. The average Bonchev–Trinajstić information content (AvgIpc) is 2.85. The zero-order chi connectivity index (χ0) is 13.2. The van der Waals surface area contributed by atoms with Gasteiger partial charge in [0.1, 0.15) is 5.52 Å². The van der Waals surface area contributed by atoms with Gasteiger partial charge in [-0.05, 0) is 18.6 Å². The number of hydrogen-bond donors (Lipinski definition) is 2. The number of aromatic amines is 1. The summed E-state index contributed by atoms with van der Waals surface area (Å²) in [6, 6.07) is 3.87. The molecule has 0 amide bonds. The molecule has 0 aliphatic rings. The van der Waals surface area contributed by atoms with Crippen molar-refractivity contribution in [2.45, 2.75) is 13.5 Å². The first kappa shape index (κ1) is 11.5. The first-order valence-corrected chi connectivity index (χ1v) is 5.74. The van der Waals surface area contributed by atoms with Crippen molar-refractivity contribution < 1.29 is 4.39 Å². The van der Waals surface area contributed by atoms with Crippen LogP contribution in [0.3, 0.4) is 0 Å². The van der Waals surface area contributed by atoms with Gasteiger partial charge in [-0.2, -0.15) is 14.4 Å². The third-order valence-corrected chi connectivity index (χ3v) is 2.68. The van der Waals surface area contributed by atoms with Crippen LogP contribution in [0.5, 0.6) is 0 Å². The van der Waals surface area contributed by atoms with Crippen LogP contribution in [0.4, 0.5) is 10.2 Å². The predicted molar refractivity (Wildman–Crippen MR) is 67.9 cm³/mol. The number of nitrogens with zero attached hydrogens (tertiary/aromatic N) is 4. The Morgan fingerprint density at radius 2 is 2.16 bits per heavy atom. The Morgan fingerprint density at radius 3 is 2.95 bits per heavy atom. The topological polar surface area (TPSA) is 79.4 Å². The molecular weight excluding hydrogens is 247 g/mol. The maximum Gasteiger partial charge on any atom is 0.312 e. The maximum atomic E-state index is 13.2. The quantitative estimate of drug-likeness (QED) is 0.700. The molecule has 0 spiro atoms. The Kier molecular flexibility index (Phi) is 2.79. The van der Waals surface area contributed by atoms with E-state index in [1.165, 1.54) is 6.33 Å². The highest BCUT2D eigenvalue weighted by Crippen LogP contribution is 2.16. The van der Waals surface area contributed by atoms with E-state index in [4.69, 9.17) is 0 Å². The molecule has 0 atom stereocenters. The summed E-state index contributed by atoms with van der Waals surface area (Å²) in [5.74, 6) is 0.365. The summed E-state index contributed by atoms with van der Waals surface area (Å²) in [6.07, 6.45) is 2.43. The van der Waals surface area contributed by atoms with Gasteiger partial charge in [-0.1, -0.05) is 6.07 Å². The average molecular weight is 258 g/mol. The van der Waals surface area contributed by atoms with Crippen molar-refractivity contribution in [2.75, 3.05) is 5.32 Å². The fourth-order valence-electron chi connectivity index (χ4n) is 1.72. The molecule has 0 radical (unpaired) electrons. The monoisotopic (exact) mass is 258 g/mol. The smallest absolute Gasteiger partial charge is 0.312 e. The van der Waals surface area contributed by atoms with Gasteiger partial charge in [-0.25, -0.2) is 4.98 Å². The molecule has 0 fully saturated rings. The number of halogens is 1. The highest BCUT2D eigenvalue weighted by atomic mass is 19.1. The summed E-state index contributed by atoms with van der Waals surface area (Å²) in [6.45, 7) is 2.41. The van der Waals surface area contributed by atoms with E-state index in [9.17, 15) is 4.39 Å². The van der Waals surface area contributed by atoms with Gasteiger partial charge in [-0.3, -0.25) is 4.98 Å². The Labute approximate surface area is 108 Å². The van der Waals surface area contributed by atoms with Crippen molar-refractivity contribution in [3.05, 3.63) is 42.0 Å². The number of imidazole rings is 1. The summed E-state index contributed by atoms with van der Waals surface area (Å²) in [4.78, 5) is 18.3. The minimum Gasteiger partial charge on any atom is -0.364 e. The molecule has 3 heterocycles. The second kappa shape index (κ2) is 4.60. The molecule has 96 valence electrons. The molecule has 0 bridgehead atoms. The predicted octanol–water partition coefficient (Wildman–Crippen LogP) is 1.81. The molecule has 0 aliphatic carbocycles. The van der Waals surface area contributed by atoms with Gasteiger partial charge in [0.2, 0.25) is 0 Å². The van der Waals surface area contributed by atoms with Gasteiger partial charge in [0.15, 0.2) is 11.5 Å². The minimum absolute atomic E-state index is 0.365. The number of rotatable bonds is 3. The number of H-pyrrole nitrogens is 1. The summed E-state index contributed by atoms with van der Waals surface area (Å²) >= 11 is 0. The largest absolute Gasteiger partial charge is 0.364 e. The van der Waals surface area contributed by atoms with Crippen molar-refractivity contribution >= 4 is 17.0 Å². The summed E-state index contributed by atoms with van der Waals surface area (Å²) in [5.41, 5.74) is 2.82. The van der Waals surface area contributed by atoms with Gasteiger partial charge in [0.05, 0.1) is 6.33 Å². The molecule has 3 aromatic rings. The van der Waals surface area contributed by atoms with E-state index in [2.05, 4.69) is 30.2 Å². The molecule has 19 heavy (non-hydrogen) atoms. The number of pyridine rings is 1. The molecule has 0 saturated carbocycles. The number of nitrogens with one attached hydrogen (secondary N) is 2. The molecule has 0 unspecified atom stereocenters. The third-order valence-electron chi connectivity index (χ3n) is 2.68. The van der Waals surface area contributed by atoms with Crippen LogP contribution in [0, 0.1) is 13.0 Å². The van der Waals surface area contributed by atoms with Crippen LogP contribution in [0.1, 0.15) is 11.3 Å². The lowest BCUT2D eigenvalue weighted by molar-refractivity contribution is 0.545. The standard InChI is InChI=1S/C12H11FN6/c1-7-2-3-8(4-14-7)5-15-10-9-11(17-6-16-9)19-12(13)18-10/h2-4,6H,5H2,1H3,(H2,15,16,17,18,19). The van der Waals surface area contributed by atoms with Gasteiger partial charge in [-0.15, -0.1) is 0 Å². The van der Waals surface area contributed by atoms with Crippen LogP contribution in [0.2, 0.25) is 0 Å². The Bertz CT molecular complexity index is 706. The lowest BCUT2D eigenvalue weighted by atomic mass is 10.2. The lowest BCUT2D eigenvalue weighted by Crippen LogP contribution is -2.05. The van der Waals surface area contributed by atoms with Gasteiger partial charge >= 0.3 is 6.08 Å². The zero-order valence-electron chi connectivity index (χ0n) is 10.2. The second-order valence-electron chi connectivity index (χ2n) is 4.10. The lowest BCUT2D eigenvalue weighted by Gasteiger charge is -2.06. The molecule has 2 N–H and O–H groups in total. The molecule has 3 aromatic heterocycles. The second-order valence-corrected chi connectivity index (χ2v) is 4.10. The third kappa shape index (κ3) is 2.35. The van der Waals surface area contributed by atoms with E-state index in [1.807, 2.05) is 19.1 Å². The number of hydrogen-bond acceptors (Lipinski definition) is 5. The van der Waals surface area contributed by atoms with Crippen molar-refractivity contribution in [1.29, 1.82) is 0 Å². The summed E-state index contributed by atoms with van der Waals surface area (Å²) in [5, 5.41) is 3.04. The molecule has 0 aromatic carbocycles. The van der Waals surface area contributed by atoms with Crippen LogP contribution in [-0.4, -0.2) is 24.9 Å². The van der Waals surface area contributed by atoms with E-state index >= 15 is 0 Å². The molecule has 0 saturated heterocycles. The highest BCUT2D eigenvalue weighted by molar-refractivity contribution is 5.81. The number of aromatic nitrogens is 5. The first-order chi connectivity index (χ1) is 9.22. The van der Waals surface area contributed by atoms with Crippen molar-refractivity contribution in [2.24, 2.45) is 0 Å². The Balaban J connectivity index is 1.85. The molecule has 0 aliphatic heterocycles. The van der Waals surface area contributed by atoms with Crippen LogP contribution >= 0.6 is 0 Å². The fourth-order valence-corrected chi connectivity index (χ4v) is 1.72. The van der Waals surface area contributed by atoms with Crippen LogP contribution in [0.15, 0.2) is 24.7 Å². The fraction of sp³-hybridized carbons (Fsp3) is 0.167. The summed E-state index contributed by atoms with van der Waals surface area (Å²) in [7, 11) is 0. The maximum absolute atomic E-state index is 13.2. The normalized spacial score (nSPS) is 10.8. The highest BCUT2D eigenvalue weighted by Gasteiger charge is 2.09. The number of aryl methyl sites for hydroxylation is 1. The van der Waals surface area contributed by atoms with Crippen molar-refractivity contribution in [3.63, 3.8) is 0 Å². The van der Waals surface area contributed by atoms with Crippen LogP contribution < -0.4 is 5.32 Å². The van der Waals surface area contributed by atoms with E-state index in [0.717, 1.165) is 11.3 Å². The summed E-state index contributed by atoms with van der Waals surface area (Å²) < 4.78 is 13.2. The van der Waals surface area contributed by atoms with E-state index in [-0.39, 0.29) is 0 Å².